The van der Waals surface area contributed by atoms with E-state index in [-0.39, 0.29) is 6.04 Å². The molecule has 1 N–H and O–H groups in total. The third-order valence-corrected chi connectivity index (χ3v) is 4.22. The van der Waals surface area contributed by atoms with Crippen LogP contribution in [0.3, 0.4) is 0 Å². The number of aromatic nitrogens is 1. The van der Waals surface area contributed by atoms with Crippen molar-refractivity contribution in [3.63, 3.8) is 0 Å². The quantitative estimate of drug-likeness (QED) is 0.936. The second kappa shape index (κ2) is 6.00. The SMILES string of the molecule is CNCCN(C)C1c2ccccc2CCc2oc(C)nc21. The fraction of sp³-hybridized carbons (Fsp3) is 0.471. The summed E-state index contributed by atoms with van der Waals surface area (Å²) in [5.74, 6) is 1.82. The Morgan fingerprint density at radius 3 is 2.95 bits per heavy atom. The summed E-state index contributed by atoms with van der Waals surface area (Å²) in [6, 6.07) is 8.89. The van der Waals surface area contributed by atoms with Crippen molar-refractivity contribution in [1.29, 1.82) is 0 Å². The Kier molecular flexibility index (Phi) is 4.08. The standard InChI is InChI=1S/C17H23N3O/c1-12-19-16-15(21-12)9-8-13-6-4-5-7-14(13)17(16)20(3)11-10-18-2/h4-7,17-18H,8-11H2,1-3H3. The van der Waals surface area contributed by atoms with Gasteiger partial charge in [0.15, 0.2) is 5.89 Å². The van der Waals surface area contributed by atoms with E-state index in [1.54, 1.807) is 0 Å². The van der Waals surface area contributed by atoms with Crippen LogP contribution in [0, 0.1) is 6.92 Å². The number of fused-ring (bicyclic) bond motifs is 2. The molecule has 1 aliphatic carbocycles. The van der Waals surface area contributed by atoms with Gasteiger partial charge in [0, 0.05) is 26.4 Å². The molecular weight excluding hydrogens is 262 g/mol. The van der Waals surface area contributed by atoms with Gasteiger partial charge in [0.05, 0.1) is 6.04 Å². The monoisotopic (exact) mass is 285 g/mol. The van der Waals surface area contributed by atoms with Gasteiger partial charge in [0.25, 0.3) is 0 Å². The summed E-state index contributed by atoms with van der Waals surface area (Å²) in [6.45, 7) is 3.87. The Balaban J connectivity index is 2.06. The van der Waals surface area contributed by atoms with Crippen molar-refractivity contribution in [2.24, 2.45) is 0 Å². The summed E-state index contributed by atoms with van der Waals surface area (Å²) < 4.78 is 5.85. The largest absolute Gasteiger partial charge is 0.446 e. The summed E-state index contributed by atoms with van der Waals surface area (Å²) in [5, 5.41) is 3.22. The van der Waals surface area contributed by atoms with Crippen LogP contribution in [0.25, 0.3) is 0 Å². The van der Waals surface area contributed by atoms with Crippen LogP contribution in [-0.2, 0) is 12.8 Å². The lowest BCUT2D eigenvalue weighted by Gasteiger charge is -2.28. The van der Waals surface area contributed by atoms with E-state index in [1.807, 2.05) is 14.0 Å². The van der Waals surface area contributed by atoms with E-state index in [2.05, 4.69) is 41.5 Å². The zero-order valence-electron chi connectivity index (χ0n) is 13.0. The molecular formula is C17H23N3O. The Morgan fingerprint density at radius 2 is 2.14 bits per heavy atom. The van der Waals surface area contributed by atoms with Crippen molar-refractivity contribution in [2.45, 2.75) is 25.8 Å². The molecule has 112 valence electrons. The van der Waals surface area contributed by atoms with Gasteiger partial charge < -0.3 is 9.73 Å². The number of likely N-dealkylation sites (N-methyl/N-ethyl adjacent to an activating group) is 2. The molecule has 1 unspecified atom stereocenters. The summed E-state index contributed by atoms with van der Waals surface area (Å²) >= 11 is 0. The van der Waals surface area contributed by atoms with Crippen LogP contribution in [0.1, 0.15) is 34.5 Å². The number of nitrogens with one attached hydrogen (secondary N) is 1. The average Bonchev–Trinajstić information content (AvgIpc) is 2.77. The van der Waals surface area contributed by atoms with Gasteiger partial charge in [-0.2, -0.15) is 0 Å². The topological polar surface area (TPSA) is 41.3 Å². The van der Waals surface area contributed by atoms with E-state index in [1.165, 1.54) is 11.1 Å². The summed E-state index contributed by atoms with van der Waals surface area (Å²) in [4.78, 5) is 7.05. The first kappa shape index (κ1) is 14.3. The molecule has 1 heterocycles. The maximum absolute atomic E-state index is 5.85. The number of benzene rings is 1. The van der Waals surface area contributed by atoms with Crippen molar-refractivity contribution in [3.05, 3.63) is 52.7 Å². The van der Waals surface area contributed by atoms with E-state index in [0.29, 0.717) is 0 Å². The number of hydrogen-bond acceptors (Lipinski definition) is 4. The normalized spacial score (nSPS) is 17.4. The van der Waals surface area contributed by atoms with Crippen LogP contribution in [0.5, 0.6) is 0 Å². The molecule has 1 aliphatic rings. The molecule has 2 aromatic rings. The fourth-order valence-electron chi connectivity index (χ4n) is 3.17. The molecule has 0 saturated heterocycles. The van der Waals surface area contributed by atoms with Gasteiger partial charge in [-0.15, -0.1) is 0 Å². The van der Waals surface area contributed by atoms with Crippen molar-refractivity contribution < 1.29 is 4.42 Å². The van der Waals surface area contributed by atoms with E-state index >= 15 is 0 Å². The first-order valence-corrected chi connectivity index (χ1v) is 7.59. The highest BCUT2D eigenvalue weighted by Gasteiger charge is 2.30. The molecule has 0 bridgehead atoms. The van der Waals surface area contributed by atoms with Gasteiger partial charge in [-0.1, -0.05) is 24.3 Å². The van der Waals surface area contributed by atoms with Gasteiger partial charge in [-0.3, -0.25) is 4.90 Å². The second-order valence-corrected chi connectivity index (χ2v) is 5.73. The van der Waals surface area contributed by atoms with Crippen LogP contribution in [0.15, 0.2) is 28.7 Å². The van der Waals surface area contributed by atoms with Crippen molar-refractivity contribution >= 4 is 0 Å². The molecule has 0 fully saturated rings. The Bertz CT molecular complexity index is 620. The molecule has 0 radical (unpaired) electrons. The predicted molar refractivity (Wildman–Crippen MR) is 83.5 cm³/mol. The van der Waals surface area contributed by atoms with Gasteiger partial charge in [-0.25, -0.2) is 4.98 Å². The summed E-state index contributed by atoms with van der Waals surface area (Å²) in [6.07, 6.45) is 1.96. The molecule has 4 nitrogen and oxygen atoms in total. The van der Waals surface area contributed by atoms with Gasteiger partial charge >= 0.3 is 0 Å². The predicted octanol–water partition coefficient (Wildman–Crippen LogP) is 2.32. The molecule has 0 spiro atoms. The lowest BCUT2D eigenvalue weighted by Crippen LogP contribution is -2.32. The van der Waals surface area contributed by atoms with E-state index in [0.717, 1.165) is 43.3 Å². The Hall–Kier alpha value is -1.65. The molecule has 1 aromatic heterocycles. The smallest absolute Gasteiger partial charge is 0.191 e. The Labute approximate surface area is 126 Å². The lowest BCUT2D eigenvalue weighted by atomic mass is 9.97. The summed E-state index contributed by atoms with van der Waals surface area (Å²) in [5.41, 5.74) is 3.86. The molecule has 0 amide bonds. The van der Waals surface area contributed by atoms with Crippen molar-refractivity contribution in [3.8, 4) is 0 Å². The van der Waals surface area contributed by atoms with Gasteiger partial charge in [0.1, 0.15) is 11.5 Å². The van der Waals surface area contributed by atoms with Crippen LogP contribution >= 0.6 is 0 Å². The minimum absolute atomic E-state index is 0.185. The van der Waals surface area contributed by atoms with E-state index in [4.69, 9.17) is 9.40 Å². The van der Waals surface area contributed by atoms with Gasteiger partial charge in [-0.05, 0) is 31.6 Å². The van der Waals surface area contributed by atoms with Crippen molar-refractivity contribution in [1.82, 2.24) is 15.2 Å². The van der Waals surface area contributed by atoms with Crippen LogP contribution in [0.4, 0.5) is 0 Å². The van der Waals surface area contributed by atoms with Crippen LogP contribution in [-0.4, -0.2) is 37.1 Å². The molecule has 0 aliphatic heterocycles. The number of rotatable bonds is 4. The zero-order valence-corrected chi connectivity index (χ0v) is 13.0. The molecule has 1 aromatic carbocycles. The van der Waals surface area contributed by atoms with Crippen LogP contribution in [0.2, 0.25) is 0 Å². The molecule has 21 heavy (non-hydrogen) atoms. The first-order valence-electron chi connectivity index (χ1n) is 7.59. The third-order valence-electron chi connectivity index (χ3n) is 4.22. The number of oxazole rings is 1. The molecule has 0 saturated carbocycles. The maximum atomic E-state index is 5.85. The molecule has 1 atom stereocenters. The highest BCUT2D eigenvalue weighted by molar-refractivity contribution is 5.39. The van der Waals surface area contributed by atoms with Gasteiger partial charge in [0.2, 0.25) is 0 Å². The first-order chi connectivity index (χ1) is 10.2. The van der Waals surface area contributed by atoms with E-state index in [9.17, 15) is 0 Å². The fourth-order valence-corrected chi connectivity index (χ4v) is 3.17. The summed E-state index contributed by atoms with van der Waals surface area (Å²) in [7, 11) is 4.15. The number of nitrogens with zero attached hydrogens (tertiary/aromatic N) is 2. The highest BCUT2D eigenvalue weighted by atomic mass is 16.4. The number of hydrogen-bond donors (Lipinski definition) is 1. The van der Waals surface area contributed by atoms with Crippen LogP contribution < -0.4 is 5.32 Å². The minimum atomic E-state index is 0.185. The molecule has 3 rings (SSSR count). The molecule has 4 heteroatoms. The lowest BCUT2D eigenvalue weighted by molar-refractivity contribution is 0.275. The third kappa shape index (κ3) is 2.74. The second-order valence-electron chi connectivity index (χ2n) is 5.73. The highest BCUT2D eigenvalue weighted by Crippen LogP contribution is 2.35. The zero-order chi connectivity index (χ0) is 14.8. The minimum Gasteiger partial charge on any atom is -0.446 e. The Morgan fingerprint density at radius 1 is 1.33 bits per heavy atom. The van der Waals surface area contributed by atoms with Crippen molar-refractivity contribution in [2.75, 3.05) is 27.2 Å². The number of aryl methyl sites for hydroxylation is 3. The average molecular weight is 285 g/mol. The van der Waals surface area contributed by atoms with E-state index < -0.39 is 0 Å². The maximum Gasteiger partial charge on any atom is 0.191 e.